The van der Waals surface area contributed by atoms with Gasteiger partial charge in [0.05, 0.1) is 41.3 Å². The maximum Gasteiger partial charge on any atom is 0.306 e. The van der Waals surface area contributed by atoms with Crippen molar-refractivity contribution in [3.63, 3.8) is 0 Å². The van der Waals surface area contributed by atoms with Crippen molar-refractivity contribution in [2.75, 3.05) is 31.2 Å². The molecule has 6 atom stereocenters. The van der Waals surface area contributed by atoms with Crippen LogP contribution in [0.2, 0.25) is 5.02 Å². The minimum absolute atomic E-state index is 0.0898. The summed E-state index contributed by atoms with van der Waals surface area (Å²) in [6, 6.07) is 12.6. The number of halogens is 1. The summed E-state index contributed by atoms with van der Waals surface area (Å²) in [5, 5.41) is 13.3. The molecule has 2 aromatic carbocycles. The van der Waals surface area contributed by atoms with Gasteiger partial charge in [-0.3, -0.25) is 19.2 Å². The number of aliphatic hydroxyl groups is 1. The van der Waals surface area contributed by atoms with Gasteiger partial charge in [0.2, 0.25) is 11.8 Å². The first-order chi connectivity index (χ1) is 21.3. The summed E-state index contributed by atoms with van der Waals surface area (Å²) in [5.74, 6) is -3.72. The molecule has 2 N–H and O–H groups in total. The van der Waals surface area contributed by atoms with Crippen LogP contribution in [0.25, 0.3) is 0 Å². The Bertz CT molecular complexity index is 1510. The van der Waals surface area contributed by atoms with Crippen LogP contribution in [-0.4, -0.2) is 77.7 Å². The second kappa shape index (κ2) is 12.2. The molecule has 2 aromatic rings. The SMILES string of the molecule is Cc1cccc(Cl)c1N1C/C=C\CCC(=O)OC[C@H](c2ccccc2)NC(=O)[C@@H]2[C@H]3C(=O)N(CCO)[C@H](C1=O)[C@]31C=C[C@H]2O1. The molecule has 4 heterocycles. The zero-order valence-electron chi connectivity index (χ0n) is 24.2. The molecule has 4 aliphatic heterocycles. The van der Waals surface area contributed by atoms with Crippen molar-refractivity contribution < 1.29 is 33.8 Å². The van der Waals surface area contributed by atoms with E-state index in [4.69, 9.17) is 21.1 Å². The highest BCUT2D eigenvalue weighted by Gasteiger charge is 2.73. The molecule has 1 spiro atoms. The number of para-hydroxylation sites is 1. The minimum atomic E-state index is -1.42. The molecule has 0 aliphatic carbocycles. The van der Waals surface area contributed by atoms with E-state index < -0.39 is 59.3 Å². The molecule has 2 saturated heterocycles. The summed E-state index contributed by atoms with van der Waals surface area (Å²) in [5.41, 5.74) is 0.542. The number of nitrogens with one attached hydrogen (secondary N) is 1. The molecule has 5 bridgehead atoms. The average Bonchev–Trinajstić information content (AvgIpc) is 3.65. The van der Waals surface area contributed by atoms with E-state index in [0.717, 1.165) is 11.1 Å². The number of aliphatic hydroxyl groups excluding tert-OH is 1. The van der Waals surface area contributed by atoms with Crippen LogP contribution in [0.3, 0.4) is 0 Å². The van der Waals surface area contributed by atoms with Gasteiger partial charge in [-0.1, -0.05) is 78.4 Å². The number of rotatable bonds is 4. The Hall–Kier alpha value is -3.99. The Morgan fingerprint density at radius 1 is 1.05 bits per heavy atom. The van der Waals surface area contributed by atoms with Gasteiger partial charge in [0.15, 0.2) is 0 Å². The van der Waals surface area contributed by atoms with Gasteiger partial charge in [0.25, 0.3) is 5.91 Å². The van der Waals surface area contributed by atoms with E-state index in [1.807, 2.05) is 43.3 Å². The molecule has 44 heavy (non-hydrogen) atoms. The fourth-order valence-electron chi connectivity index (χ4n) is 6.92. The number of β-amino-alcohol motifs (C(OH)–C–C–N with tert-alkyl or cyclic N) is 1. The maximum absolute atomic E-state index is 14.7. The van der Waals surface area contributed by atoms with Crippen LogP contribution in [0.5, 0.6) is 0 Å². The quantitative estimate of drug-likeness (QED) is 0.398. The Labute approximate surface area is 260 Å². The third-order valence-electron chi connectivity index (χ3n) is 8.88. The van der Waals surface area contributed by atoms with Crippen molar-refractivity contribution in [2.24, 2.45) is 11.8 Å². The van der Waals surface area contributed by atoms with Gasteiger partial charge in [-0.25, -0.2) is 0 Å². The number of aryl methyl sites for hydroxylation is 1. The summed E-state index contributed by atoms with van der Waals surface area (Å²) in [7, 11) is 0. The van der Waals surface area contributed by atoms with E-state index in [1.54, 1.807) is 36.4 Å². The monoisotopic (exact) mass is 619 g/mol. The van der Waals surface area contributed by atoms with Crippen LogP contribution in [0.4, 0.5) is 5.69 Å². The van der Waals surface area contributed by atoms with Gasteiger partial charge in [-0.2, -0.15) is 0 Å². The van der Waals surface area contributed by atoms with Crippen molar-refractivity contribution in [1.82, 2.24) is 10.2 Å². The number of carbonyl (C=O) groups excluding carboxylic acids is 4. The summed E-state index contributed by atoms with van der Waals surface area (Å²) in [6.07, 6.45) is 6.75. The van der Waals surface area contributed by atoms with Crippen LogP contribution in [0.1, 0.15) is 30.0 Å². The van der Waals surface area contributed by atoms with Crippen molar-refractivity contribution in [2.45, 2.75) is 43.6 Å². The number of benzene rings is 2. The average molecular weight is 620 g/mol. The lowest BCUT2D eigenvalue weighted by Gasteiger charge is -2.36. The first-order valence-electron chi connectivity index (χ1n) is 14.8. The van der Waals surface area contributed by atoms with Crippen LogP contribution < -0.4 is 10.2 Å². The number of carbonyl (C=O) groups is 4. The van der Waals surface area contributed by atoms with E-state index in [9.17, 15) is 24.3 Å². The summed E-state index contributed by atoms with van der Waals surface area (Å²) in [4.78, 5) is 58.3. The molecule has 6 rings (SSSR count). The van der Waals surface area contributed by atoms with E-state index in [0.29, 0.717) is 17.1 Å². The van der Waals surface area contributed by atoms with Crippen molar-refractivity contribution in [3.8, 4) is 0 Å². The lowest BCUT2D eigenvalue weighted by molar-refractivity contribution is -0.145. The molecule has 11 heteroatoms. The largest absolute Gasteiger partial charge is 0.463 e. The van der Waals surface area contributed by atoms with E-state index in [2.05, 4.69) is 5.32 Å². The van der Waals surface area contributed by atoms with Gasteiger partial charge in [-0.15, -0.1) is 0 Å². The highest BCUT2D eigenvalue weighted by molar-refractivity contribution is 6.34. The van der Waals surface area contributed by atoms with Crippen LogP contribution in [0.15, 0.2) is 72.8 Å². The number of ether oxygens (including phenoxy) is 2. The molecule has 0 saturated carbocycles. The van der Waals surface area contributed by atoms with E-state index in [1.165, 1.54) is 9.80 Å². The number of cyclic esters (lactones) is 1. The molecule has 10 nitrogen and oxygen atoms in total. The molecule has 4 aliphatic rings. The van der Waals surface area contributed by atoms with Gasteiger partial charge >= 0.3 is 5.97 Å². The minimum Gasteiger partial charge on any atom is -0.463 e. The second-order valence-electron chi connectivity index (χ2n) is 11.5. The number of anilines is 1. The smallest absolute Gasteiger partial charge is 0.306 e. The fourth-order valence-corrected chi connectivity index (χ4v) is 7.25. The van der Waals surface area contributed by atoms with Crippen molar-refractivity contribution in [1.29, 1.82) is 0 Å². The number of fused-ring (bicyclic) bond motifs is 2. The number of hydrogen-bond donors (Lipinski definition) is 2. The van der Waals surface area contributed by atoms with Crippen LogP contribution >= 0.6 is 11.6 Å². The predicted octanol–water partition coefficient (Wildman–Crippen LogP) is 2.88. The molecule has 2 fully saturated rings. The number of hydrogen-bond acceptors (Lipinski definition) is 7. The standard InChI is InChI=1S/C33H34ClN3O7/c1-20-9-8-12-22(34)28(20)36-16-7-3-6-13-25(39)43-19-23(21-10-4-2-5-11-21)35-30(40)26-24-14-15-33(44-24)27(26)31(41)37(17-18-38)29(33)32(36)42/h2-5,7-12,14-15,23-24,26-27,29,38H,6,13,16-19H2,1H3,(H,35,40)/b7-3-/t23-,24-,26+,27+,29-,33+/m1/s1. The maximum atomic E-state index is 14.7. The number of allylic oxidation sites excluding steroid dienone is 1. The molecule has 0 aromatic heterocycles. The number of amides is 3. The van der Waals surface area contributed by atoms with E-state index in [-0.39, 0.29) is 32.7 Å². The van der Waals surface area contributed by atoms with Crippen molar-refractivity contribution in [3.05, 3.63) is 89.0 Å². The van der Waals surface area contributed by atoms with Gasteiger partial charge in [0, 0.05) is 19.5 Å². The zero-order chi connectivity index (χ0) is 31.0. The number of nitrogens with zero attached hydrogens (tertiary/aromatic N) is 2. The van der Waals surface area contributed by atoms with Crippen LogP contribution in [-0.2, 0) is 28.7 Å². The highest BCUT2D eigenvalue weighted by Crippen LogP contribution is 2.55. The zero-order valence-corrected chi connectivity index (χ0v) is 25.0. The molecule has 3 amide bonds. The topological polar surface area (TPSA) is 125 Å². The first-order valence-corrected chi connectivity index (χ1v) is 15.2. The fraction of sp³-hybridized carbons (Fsp3) is 0.394. The number of likely N-dealkylation sites (tertiary alicyclic amines) is 1. The molecular weight excluding hydrogens is 586 g/mol. The van der Waals surface area contributed by atoms with E-state index >= 15 is 0 Å². The number of esters is 1. The van der Waals surface area contributed by atoms with Crippen LogP contribution in [0, 0.1) is 18.8 Å². The van der Waals surface area contributed by atoms with Gasteiger partial charge < -0.3 is 29.7 Å². The normalized spacial score (nSPS) is 31.2. The lowest BCUT2D eigenvalue weighted by atomic mass is 9.74. The summed E-state index contributed by atoms with van der Waals surface area (Å²) >= 11 is 6.65. The molecule has 230 valence electrons. The Balaban J connectivity index is 1.44. The molecule has 0 radical (unpaired) electrons. The predicted molar refractivity (Wildman–Crippen MR) is 162 cm³/mol. The summed E-state index contributed by atoms with van der Waals surface area (Å²) in [6.45, 7) is 1.36. The molecular formula is C33H34ClN3O7. The third-order valence-corrected chi connectivity index (χ3v) is 9.18. The Kier molecular flexibility index (Phi) is 8.32. The highest BCUT2D eigenvalue weighted by atomic mass is 35.5. The second-order valence-corrected chi connectivity index (χ2v) is 11.9. The third kappa shape index (κ3) is 5.10. The molecule has 0 unspecified atom stereocenters. The Morgan fingerprint density at radius 2 is 1.84 bits per heavy atom. The van der Waals surface area contributed by atoms with Crippen molar-refractivity contribution >= 4 is 41.0 Å². The van der Waals surface area contributed by atoms with Gasteiger partial charge in [-0.05, 0) is 30.5 Å². The Morgan fingerprint density at radius 3 is 2.59 bits per heavy atom. The summed E-state index contributed by atoms with van der Waals surface area (Å²) < 4.78 is 12.0. The first kappa shape index (κ1) is 30.1. The van der Waals surface area contributed by atoms with Gasteiger partial charge in [0.1, 0.15) is 18.2 Å². The lowest BCUT2D eigenvalue weighted by Crippen LogP contribution is -2.56.